The van der Waals surface area contributed by atoms with Crippen molar-refractivity contribution in [2.24, 2.45) is 5.41 Å². The number of carbonyl (C=O) groups is 1. The van der Waals surface area contributed by atoms with Gasteiger partial charge >= 0.3 is 0 Å². The Morgan fingerprint density at radius 3 is 2.90 bits per heavy atom. The zero-order chi connectivity index (χ0) is 14.0. The van der Waals surface area contributed by atoms with Crippen molar-refractivity contribution in [3.05, 3.63) is 0 Å². The van der Waals surface area contributed by atoms with E-state index in [1.807, 2.05) is 0 Å². The van der Waals surface area contributed by atoms with E-state index in [-0.39, 0.29) is 11.3 Å². The Hall–Kier alpha value is -0.650. The van der Waals surface area contributed by atoms with E-state index in [9.17, 15) is 4.79 Å². The molecule has 0 aromatic carbocycles. The molecular formula is C15H27N3O2. The van der Waals surface area contributed by atoms with Crippen LogP contribution in [0.5, 0.6) is 0 Å². The average molecular weight is 281 g/mol. The van der Waals surface area contributed by atoms with Gasteiger partial charge in [-0.2, -0.15) is 0 Å². The first-order chi connectivity index (χ1) is 9.75. The standard InChI is InChI=1S/C15H27N3O2/c1-20-11-15(5-7-16-8-6-15)14(19)17-12-4-10-18-9-2-3-13(12)18/h12-13,16H,2-11H2,1H3,(H,17,19). The number of fused-ring (bicyclic) bond motifs is 1. The molecule has 0 bridgehead atoms. The van der Waals surface area contributed by atoms with E-state index in [0.717, 1.165) is 38.9 Å². The lowest BCUT2D eigenvalue weighted by Crippen LogP contribution is -2.54. The highest BCUT2D eigenvalue weighted by atomic mass is 16.5. The minimum Gasteiger partial charge on any atom is -0.384 e. The van der Waals surface area contributed by atoms with Gasteiger partial charge in [0.25, 0.3) is 0 Å². The lowest BCUT2D eigenvalue weighted by Gasteiger charge is -2.37. The number of rotatable bonds is 4. The third-order valence-corrected chi connectivity index (χ3v) is 5.39. The molecular weight excluding hydrogens is 254 g/mol. The number of hydrogen-bond acceptors (Lipinski definition) is 4. The molecule has 2 N–H and O–H groups in total. The highest BCUT2D eigenvalue weighted by Gasteiger charge is 2.43. The molecule has 3 heterocycles. The van der Waals surface area contributed by atoms with Crippen LogP contribution < -0.4 is 10.6 Å². The van der Waals surface area contributed by atoms with Crippen molar-refractivity contribution < 1.29 is 9.53 Å². The largest absolute Gasteiger partial charge is 0.384 e. The molecule has 0 aliphatic carbocycles. The SMILES string of the molecule is COCC1(C(=O)NC2CCN3CCCC23)CCNCC1. The van der Waals surface area contributed by atoms with E-state index < -0.39 is 0 Å². The third kappa shape index (κ3) is 2.59. The Labute approximate surface area is 121 Å². The van der Waals surface area contributed by atoms with E-state index in [2.05, 4.69) is 15.5 Å². The molecule has 3 aliphatic rings. The minimum atomic E-state index is -0.313. The van der Waals surface area contributed by atoms with Crippen LogP contribution in [0.15, 0.2) is 0 Å². The smallest absolute Gasteiger partial charge is 0.228 e. The van der Waals surface area contributed by atoms with Crippen LogP contribution in [-0.2, 0) is 9.53 Å². The second-order valence-corrected chi connectivity index (χ2v) is 6.58. The van der Waals surface area contributed by atoms with Gasteiger partial charge in [-0.15, -0.1) is 0 Å². The molecule has 0 aromatic rings. The summed E-state index contributed by atoms with van der Waals surface area (Å²) in [6.07, 6.45) is 5.40. The summed E-state index contributed by atoms with van der Waals surface area (Å²) >= 11 is 0. The van der Waals surface area contributed by atoms with Crippen LogP contribution >= 0.6 is 0 Å². The summed E-state index contributed by atoms with van der Waals surface area (Å²) in [7, 11) is 1.70. The summed E-state index contributed by atoms with van der Waals surface area (Å²) in [6.45, 7) is 4.73. The van der Waals surface area contributed by atoms with Crippen molar-refractivity contribution in [1.82, 2.24) is 15.5 Å². The number of nitrogens with one attached hydrogen (secondary N) is 2. The Balaban J connectivity index is 1.64. The minimum absolute atomic E-state index is 0.222. The van der Waals surface area contributed by atoms with Crippen LogP contribution in [0.25, 0.3) is 0 Å². The van der Waals surface area contributed by atoms with Crippen molar-refractivity contribution in [3.8, 4) is 0 Å². The maximum absolute atomic E-state index is 12.8. The Kier molecular flexibility index (Phi) is 4.29. The van der Waals surface area contributed by atoms with Gasteiger partial charge < -0.3 is 15.4 Å². The van der Waals surface area contributed by atoms with E-state index in [4.69, 9.17) is 4.74 Å². The maximum Gasteiger partial charge on any atom is 0.228 e. The van der Waals surface area contributed by atoms with Gasteiger partial charge in [0.05, 0.1) is 12.0 Å². The van der Waals surface area contributed by atoms with Gasteiger partial charge in [0.15, 0.2) is 0 Å². The number of carbonyl (C=O) groups excluding carboxylic acids is 1. The van der Waals surface area contributed by atoms with E-state index in [0.29, 0.717) is 18.7 Å². The number of piperidine rings is 1. The molecule has 2 atom stereocenters. The number of methoxy groups -OCH3 is 1. The topological polar surface area (TPSA) is 53.6 Å². The van der Waals surface area contributed by atoms with Crippen LogP contribution in [0.3, 0.4) is 0 Å². The molecule has 0 aromatic heterocycles. The first-order valence-electron chi connectivity index (χ1n) is 8.00. The zero-order valence-corrected chi connectivity index (χ0v) is 12.5. The number of hydrogen-bond donors (Lipinski definition) is 2. The quantitative estimate of drug-likeness (QED) is 0.781. The van der Waals surface area contributed by atoms with Crippen molar-refractivity contribution >= 4 is 5.91 Å². The summed E-state index contributed by atoms with van der Waals surface area (Å²) in [6, 6.07) is 0.939. The van der Waals surface area contributed by atoms with Gasteiger partial charge in [0, 0.05) is 25.7 Å². The molecule has 5 heteroatoms. The van der Waals surface area contributed by atoms with Gasteiger partial charge in [-0.05, 0) is 51.7 Å². The lowest BCUT2D eigenvalue weighted by atomic mass is 9.78. The van der Waals surface area contributed by atoms with Crippen LogP contribution in [0.2, 0.25) is 0 Å². The first kappa shape index (κ1) is 14.3. The zero-order valence-electron chi connectivity index (χ0n) is 12.5. The molecule has 0 radical (unpaired) electrons. The van der Waals surface area contributed by atoms with Crippen molar-refractivity contribution in [3.63, 3.8) is 0 Å². The summed E-state index contributed by atoms with van der Waals surface area (Å²) in [5.41, 5.74) is -0.313. The second-order valence-electron chi connectivity index (χ2n) is 6.58. The summed E-state index contributed by atoms with van der Waals surface area (Å²) in [5.74, 6) is 0.222. The molecule has 0 saturated carbocycles. The predicted octanol–water partition coefficient (Wildman–Crippen LogP) is 0.356. The van der Waals surface area contributed by atoms with Crippen LogP contribution in [0.4, 0.5) is 0 Å². The maximum atomic E-state index is 12.8. The van der Waals surface area contributed by atoms with Crippen LogP contribution in [0, 0.1) is 5.41 Å². The molecule has 3 fully saturated rings. The molecule has 114 valence electrons. The molecule has 1 amide bonds. The summed E-state index contributed by atoms with van der Waals surface area (Å²) in [5, 5.41) is 6.70. The summed E-state index contributed by atoms with van der Waals surface area (Å²) < 4.78 is 5.36. The number of nitrogens with zero attached hydrogens (tertiary/aromatic N) is 1. The van der Waals surface area contributed by atoms with Crippen LogP contribution in [0.1, 0.15) is 32.1 Å². The van der Waals surface area contributed by atoms with Gasteiger partial charge in [-0.3, -0.25) is 9.69 Å². The van der Waals surface area contributed by atoms with E-state index in [1.165, 1.54) is 19.4 Å². The molecule has 5 nitrogen and oxygen atoms in total. The van der Waals surface area contributed by atoms with Gasteiger partial charge in [-0.1, -0.05) is 0 Å². The first-order valence-corrected chi connectivity index (χ1v) is 8.00. The highest BCUT2D eigenvalue weighted by Crippen LogP contribution is 2.32. The van der Waals surface area contributed by atoms with Crippen molar-refractivity contribution in [1.29, 1.82) is 0 Å². The number of ether oxygens (including phenoxy) is 1. The van der Waals surface area contributed by atoms with E-state index >= 15 is 0 Å². The third-order valence-electron chi connectivity index (χ3n) is 5.39. The Bertz CT molecular complexity index is 350. The predicted molar refractivity (Wildman–Crippen MR) is 77.6 cm³/mol. The fourth-order valence-corrected chi connectivity index (χ4v) is 4.19. The molecule has 20 heavy (non-hydrogen) atoms. The van der Waals surface area contributed by atoms with E-state index in [1.54, 1.807) is 7.11 Å². The number of amides is 1. The van der Waals surface area contributed by atoms with Crippen molar-refractivity contribution in [2.75, 3.05) is 39.9 Å². The fraction of sp³-hybridized carbons (Fsp3) is 0.933. The highest BCUT2D eigenvalue weighted by molar-refractivity contribution is 5.83. The summed E-state index contributed by atoms with van der Waals surface area (Å²) in [4.78, 5) is 15.4. The van der Waals surface area contributed by atoms with Crippen molar-refractivity contribution in [2.45, 2.75) is 44.2 Å². The molecule has 0 spiro atoms. The Morgan fingerprint density at radius 2 is 2.15 bits per heavy atom. The lowest BCUT2D eigenvalue weighted by molar-refractivity contribution is -0.137. The average Bonchev–Trinajstić information content (AvgIpc) is 3.05. The Morgan fingerprint density at radius 1 is 1.35 bits per heavy atom. The normalized spacial score (nSPS) is 33.0. The van der Waals surface area contributed by atoms with Gasteiger partial charge in [0.1, 0.15) is 0 Å². The van der Waals surface area contributed by atoms with Gasteiger partial charge in [-0.25, -0.2) is 0 Å². The second kappa shape index (κ2) is 6.00. The molecule has 2 unspecified atom stereocenters. The molecule has 3 aliphatic heterocycles. The molecule has 3 saturated heterocycles. The monoisotopic (exact) mass is 281 g/mol. The van der Waals surface area contributed by atoms with Crippen LogP contribution in [-0.4, -0.2) is 62.8 Å². The molecule has 3 rings (SSSR count). The van der Waals surface area contributed by atoms with Gasteiger partial charge in [0.2, 0.25) is 5.91 Å². The fourth-order valence-electron chi connectivity index (χ4n) is 4.19.